The van der Waals surface area contributed by atoms with Crippen LogP contribution in [-0.4, -0.2) is 33.7 Å². The predicted octanol–water partition coefficient (Wildman–Crippen LogP) is 0.0593. The molecule has 0 saturated heterocycles. The van der Waals surface area contributed by atoms with Gasteiger partial charge >= 0.3 is 50.6 Å². The van der Waals surface area contributed by atoms with Crippen molar-refractivity contribution in [1.29, 1.82) is 0 Å². The zero-order valence-corrected chi connectivity index (χ0v) is 8.77. The van der Waals surface area contributed by atoms with Gasteiger partial charge in [-0.3, -0.25) is 18.8 Å². The summed E-state index contributed by atoms with van der Waals surface area (Å²) in [7, 11) is 0. The first-order valence-electron chi connectivity index (χ1n) is 0.542. The van der Waals surface area contributed by atoms with Gasteiger partial charge in [-0.1, -0.05) is 9.05 Å². The first-order valence-corrected chi connectivity index (χ1v) is 1.55. The van der Waals surface area contributed by atoms with Gasteiger partial charge in [0.25, 0.3) is 0 Å². The SMILES string of the molecule is F.F.F.F.OF.OF.[H-].[H-].[Mg+2].[O]=[Zr]. The van der Waals surface area contributed by atoms with Crippen LogP contribution in [0, 0.1) is 0 Å². The maximum absolute atomic E-state index is 8.50. The van der Waals surface area contributed by atoms with Crippen molar-refractivity contribution in [3.05, 3.63) is 0 Å². The molecule has 74 valence electrons. The molecular formula is H8F6MgO3Zr. The topological polar surface area (TPSA) is 57.5 Å². The van der Waals surface area contributed by atoms with E-state index >= 15 is 0 Å². The minimum absolute atomic E-state index is 0. The molecule has 11 heavy (non-hydrogen) atoms. The number of rotatable bonds is 0. The summed E-state index contributed by atoms with van der Waals surface area (Å²) in [5.74, 6) is 0. The monoisotopic (exact) mass is 284 g/mol. The second-order valence-electron chi connectivity index (χ2n) is 0. The van der Waals surface area contributed by atoms with Gasteiger partial charge in [-0.15, -0.1) is 0 Å². The molecule has 2 N–H and O–H groups in total. The molecule has 0 aromatic carbocycles. The van der Waals surface area contributed by atoms with Crippen molar-refractivity contribution in [3.8, 4) is 0 Å². The summed E-state index contributed by atoms with van der Waals surface area (Å²) in [5, 5.41) is 11.0. The van der Waals surface area contributed by atoms with E-state index in [0.717, 1.165) is 0 Å². The van der Waals surface area contributed by atoms with Crippen LogP contribution in [0.4, 0.5) is 27.9 Å². The standard InChI is InChI=1S/2FHO.4FH.Mg.O.Zr.2H/c2*1-2;;;;;;;;;/h2*2H;4*1H;;;;;/q;;;;;;+2;;;2*-1. The predicted molar refractivity (Wildman–Crippen MR) is 25.3 cm³/mol. The van der Waals surface area contributed by atoms with Gasteiger partial charge in [0.1, 0.15) is 0 Å². The maximum atomic E-state index is 8.50. The fourth-order valence-electron chi connectivity index (χ4n) is 0. The van der Waals surface area contributed by atoms with E-state index in [1.807, 2.05) is 0 Å². The molecule has 0 aromatic rings. The third-order valence-electron chi connectivity index (χ3n) is 0. The fraction of sp³-hybridized carbons (Fsp3) is 0. The Morgan fingerprint density at radius 3 is 0.818 bits per heavy atom. The molecule has 0 amide bonds. The Balaban J connectivity index is -0.00000000102. The van der Waals surface area contributed by atoms with Crippen LogP contribution in [0.25, 0.3) is 0 Å². The zero-order valence-electron chi connectivity index (χ0n) is 6.90. The van der Waals surface area contributed by atoms with Crippen molar-refractivity contribution in [2.24, 2.45) is 0 Å². The van der Waals surface area contributed by atoms with E-state index in [-0.39, 0.29) is 44.7 Å². The van der Waals surface area contributed by atoms with Crippen LogP contribution in [-0.2, 0) is 27.5 Å². The van der Waals surface area contributed by atoms with E-state index in [4.69, 9.17) is 22.5 Å². The fourth-order valence-corrected chi connectivity index (χ4v) is 0. The van der Waals surface area contributed by atoms with Gasteiger partial charge in [0.15, 0.2) is 0 Å². The Hall–Kier alpha value is 0.949. The van der Waals surface area contributed by atoms with Crippen LogP contribution in [0.1, 0.15) is 2.85 Å². The Kier molecular flexibility index (Phi) is 10000. The second kappa shape index (κ2) is 1200. The number of hydrogen-bond acceptors (Lipinski definition) is 3. The van der Waals surface area contributed by atoms with Gasteiger partial charge in [-0.25, -0.2) is 10.6 Å². The Labute approximate surface area is 91.8 Å². The molecular weight excluding hydrogens is 278 g/mol. The zero-order chi connectivity index (χ0) is 6.00. The molecule has 0 aliphatic rings. The average Bonchev–Trinajstić information content (AvgIpc) is 1.81. The molecule has 0 saturated carbocycles. The molecule has 3 nitrogen and oxygen atoms in total. The average molecular weight is 286 g/mol. The molecule has 0 radical (unpaired) electrons. The van der Waals surface area contributed by atoms with E-state index in [2.05, 4.69) is 0 Å². The third kappa shape index (κ3) is 973. The van der Waals surface area contributed by atoms with Gasteiger partial charge in [0.2, 0.25) is 0 Å². The van der Waals surface area contributed by atoms with Gasteiger partial charge in [-0.05, 0) is 0 Å². The number of hydrogen-bond donors (Lipinski definition) is 2. The Morgan fingerprint density at radius 1 is 0.818 bits per heavy atom. The van der Waals surface area contributed by atoms with Crippen LogP contribution in [0.2, 0.25) is 0 Å². The molecule has 0 aliphatic heterocycles. The number of halogens is 6. The van der Waals surface area contributed by atoms with E-state index < -0.39 is 0 Å². The second-order valence-corrected chi connectivity index (χ2v) is 0. The molecule has 0 bridgehead atoms. The Bertz CT molecular complexity index is 25.8. The van der Waals surface area contributed by atoms with Crippen molar-refractivity contribution in [2.75, 3.05) is 0 Å². The summed E-state index contributed by atoms with van der Waals surface area (Å²) in [6, 6.07) is 0. The van der Waals surface area contributed by atoms with Crippen LogP contribution in [0.5, 0.6) is 0 Å². The van der Waals surface area contributed by atoms with Crippen molar-refractivity contribution >= 4 is 23.1 Å². The summed E-state index contributed by atoms with van der Waals surface area (Å²) < 4.78 is 25.3. The summed E-state index contributed by atoms with van der Waals surface area (Å²) in [6.07, 6.45) is 0. The van der Waals surface area contributed by atoms with Gasteiger partial charge in [0, 0.05) is 0 Å². The first kappa shape index (κ1) is 91.8. The van der Waals surface area contributed by atoms with Crippen LogP contribution < -0.4 is 0 Å². The Morgan fingerprint density at radius 2 is 0.818 bits per heavy atom. The summed E-state index contributed by atoms with van der Waals surface area (Å²) in [6.45, 7) is 0. The van der Waals surface area contributed by atoms with E-state index in [9.17, 15) is 0 Å². The quantitative estimate of drug-likeness (QED) is 0.489. The normalized spacial score (nSPS) is 1.36. The third-order valence-corrected chi connectivity index (χ3v) is 0. The van der Waals surface area contributed by atoms with Gasteiger partial charge in [0.05, 0.1) is 0 Å². The molecule has 0 heterocycles. The minimum atomic E-state index is 0. The molecule has 0 aliphatic carbocycles. The molecule has 0 spiro atoms. The first-order chi connectivity index (χ1) is 3.00. The molecule has 0 unspecified atom stereocenters. The van der Waals surface area contributed by atoms with E-state index in [0.29, 0.717) is 24.7 Å². The van der Waals surface area contributed by atoms with Gasteiger partial charge < -0.3 is 2.85 Å². The van der Waals surface area contributed by atoms with Crippen LogP contribution in [0.3, 0.4) is 0 Å². The van der Waals surface area contributed by atoms with Crippen molar-refractivity contribution in [2.45, 2.75) is 0 Å². The molecule has 0 fully saturated rings. The van der Waals surface area contributed by atoms with Crippen LogP contribution in [0.15, 0.2) is 0 Å². The summed E-state index contributed by atoms with van der Waals surface area (Å²) in [5.41, 5.74) is 0. The molecule has 0 atom stereocenters. The van der Waals surface area contributed by atoms with E-state index in [1.54, 1.807) is 0 Å². The van der Waals surface area contributed by atoms with Crippen molar-refractivity contribution in [3.63, 3.8) is 0 Å². The van der Waals surface area contributed by atoms with Crippen molar-refractivity contribution < 1.29 is 68.9 Å². The van der Waals surface area contributed by atoms with Crippen molar-refractivity contribution in [1.82, 2.24) is 0 Å². The summed E-state index contributed by atoms with van der Waals surface area (Å²) >= 11 is 0.300. The van der Waals surface area contributed by atoms with Gasteiger partial charge in [-0.2, -0.15) is 0 Å². The molecule has 0 rings (SSSR count). The van der Waals surface area contributed by atoms with Crippen LogP contribution >= 0.6 is 0 Å². The molecule has 11 heteroatoms. The molecule has 0 aromatic heterocycles. The summed E-state index contributed by atoms with van der Waals surface area (Å²) in [4.78, 5) is 0. The van der Waals surface area contributed by atoms with E-state index in [1.165, 1.54) is 0 Å².